The zero-order valence-corrected chi connectivity index (χ0v) is 10.1. The van der Waals surface area contributed by atoms with E-state index in [2.05, 4.69) is 20.4 Å². The minimum atomic E-state index is -0.845. The molecule has 0 spiro atoms. The highest BCUT2D eigenvalue weighted by atomic mass is 16.4. The SMILES string of the molecule is C=C(CC(CC)CCCCCC)C(=O)O. The molecule has 1 N–H and O–H groups in total. The van der Waals surface area contributed by atoms with Crippen LogP contribution >= 0.6 is 0 Å². The van der Waals surface area contributed by atoms with Crippen LogP contribution in [0.25, 0.3) is 0 Å². The van der Waals surface area contributed by atoms with Crippen molar-refractivity contribution in [2.24, 2.45) is 5.92 Å². The summed E-state index contributed by atoms with van der Waals surface area (Å²) >= 11 is 0. The van der Waals surface area contributed by atoms with Crippen molar-refractivity contribution in [3.8, 4) is 0 Å². The minimum Gasteiger partial charge on any atom is -0.478 e. The third-order valence-electron chi connectivity index (χ3n) is 2.88. The summed E-state index contributed by atoms with van der Waals surface area (Å²) < 4.78 is 0. The van der Waals surface area contributed by atoms with E-state index in [1.54, 1.807) is 0 Å². The van der Waals surface area contributed by atoms with Crippen molar-refractivity contribution >= 4 is 5.97 Å². The van der Waals surface area contributed by atoms with Crippen LogP contribution in [0.2, 0.25) is 0 Å². The summed E-state index contributed by atoms with van der Waals surface area (Å²) in [6, 6.07) is 0. The largest absolute Gasteiger partial charge is 0.478 e. The summed E-state index contributed by atoms with van der Waals surface area (Å²) in [5, 5.41) is 8.74. The summed E-state index contributed by atoms with van der Waals surface area (Å²) in [6.45, 7) is 7.91. The normalized spacial score (nSPS) is 12.4. The van der Waals surface area contributed by atoms with Crippen LogP contribution in [0.4, 0.5) is 0 Å². The van der Waals surface area contributed by atoms with Gasteiger partial charge in [0.15, 0.2) is 0 Å². The molecule has 0 aliphatic heterocycles. The second-order valence-electron chi connectivity index (χ2n) is 4.24. The van der Waals surface area contributed by atoms with Gasteiger partial charge in [-0.3, -0.25) is 0 Å². The first-order chi connectivity index (χ1) is 7.11. The van der Waals surface area contributed by atoms with E-state index in [0.29, 0.717) is 17.9 Å². The molecule has 0 bridgehead atoms. The van der Waals surface area contributed by atoms with Gasteiger partial charge in [-0.25, -0.2) is 4.79 Å². The summed E-state index contributed by atoms with van der Waals surface area (Å²) in [4.78, 5) is 10.6. The highest BCUT2D eigenvalue weighted by molar-refractivity contribution is 5.85. The van der Waals surface area contributed by atoms with Crippen molar-refractivity contribution in [3.63, 3.8) is 0 Å². The summed E-state index contributed by atoms with van der Waals surface area (Å²) in [5.74, 6) is -0.340. The van der Waals surface area contributed by atoms with Crippen LogP contribution in [-0.2, 0) is 4.79 Å². The molecule has 1 unspecified atom stereocenters. The molecule has 2 nitrogen and oxygen atoms in total. The number of carbonyl (C=O) groups is 1. The molecule has 1 atom stereocenters. The molecule has 0 fully saturated rings. The fourth-order valence-corrected chi connectivity index (χ4v) is 1.75. The van der Waals surface area contributed by atoms with E-state index in [1.807, 2.05) is 0 Å². The summed E-state index contributed by atoms with van der Waals surface area (Å²) in [7, 11) is 0. The second kappa shape index (κ2) is 8.51. The van der Waals surface area contributed by atoms with Gasteiger partial charge < -0.3 is 5.11 Å². The topological polar surface area (TPSA) is 37.3 Å². The zero-order chi connectivity index (χ0) is 11.7. The van der Waals surface area contributed by atoms with Gasteiger partial charge in [0.05, 0.1) is 0 Å². The van der Waals surface area contributed by atoms with Crippen molar-refractivity contribution < 1.29 is 9.90 Å². The molecule has 0 aliphatic carbocycles. The Morgan fingerprint density at radius 2 is 1.93 bits per heavy atom. The molecule has 88 valence electrons. The quantitative estimate of drug-likeness (QED) is 0.463. The number of rotatable bonds is 9. The lowest BCUT2D eigenvalue weighted by Crippen LogP contribution is -2.06. The van der Waals surface area contributed by atoms with Crippen LogP contribution in [0.5, 0.6) is 0 Å². The first kappa shape index (κ1) is 14.2. The zero-order valence-electron chi connectivity index (χ0n) is 10.1. The molecular weight excluding hydrogens is 188 g/mol. The lowest BCUT2D eigenvalue weighted by Gasteiger charge is -2.14. The molecule has 0 aromatic rings. The van der Waals surface area contributed by atoms with Gasteiger partial charge in [-0.05, 0) is 12.3 Å². The second-order valence-corrected chi connectivity index (χ2v) is 4.24. The fraction of sp³-hybridized carbons (Fsp3) is 0.769. The van der Waals surface area contributed by atoms with Gasteiger partial charge in [0.1, 0.15) is 0 Å². The number of carboxylic acids is 1. The van der Waals surface area contributed by atoms with E-state index in [9.17, 15) is 4.79 Å². The van der Waals surface area contributed by atoms with E-state index >= 15 is 0 Å². The molecule has 0 aromatic carbocycles. The van der Waals surface area contributed by atoms with Gasteiger partial charge in [-0.15, -0.1) is 0 Å². The van der Waals surface area contributed by atoms with Crippen LogP contribution in [0, 0.1) is 5.92 Å². The molecule has 2 heteroatoms. The van der Waals surface area contributed by atoms with Crippen molar-refractivity contribution in [1.82, 2.24) is 0 Å². The van der Waals surface area contributed by atoms with Crippen LogP contribution in [-0.4, -0.2) is 11.1 Å². The van der Waals surface area contributed by atoms with Gasteiger partial charge in [-0.1, -0.05) is 59.0 Å². The standard InChI is InChI=1S/C13H24O2/c1-4-6-7-8-9-12(5-2)10-11(3)13(14)15/h12H,3-10H2,1-2H3,(H,14,15). The van der Waals surface area contributed by atoms with E-state index in [0.717, 1.165) is 12.8 Å². The van der Waals surface area contributed by atoms with Crippen molar-refractivity contribution in [2.75, 3.05) is 0 Å². The van der Waals surface area contributed by atoms with Crippen LogP contribution in [0.1, 0.15) is 58.8 Å². The molecule has 0 heterocycles. The van der Waals surface area contributed by atoms with Gasteiger partial charge >= 0.3 is 5.97 Å². The number of unbranched alkanes of at least 4 members (excludes halogenated alkanes) is 3. The third-order valence-corrected chi connectivity index (χ3v) is 2.88. The van der Waals surface area contributed by atoms with Gasteiger partial charge in [-0.2, -0.15) is 0 Å². The predicted molar refractivity (Wildman–Crippen MR) is 63.9 cm³/mol. The Hall–Kier alpha value is -0.790. The summed E-state index contributed by atoms with van der Waals surface area (Å²) in [5.41, 5.74) is 0.359. The van der Waals surface area contributed by atoms with Gasteiger partial charge in [0.25, 0.3) is 0 Å². The Labute approximate surface area is 93.4 Å². The molecule has 15 heavy (non-hydrogen) atoms. The molecule has 0 radical (unpaired) electrons. The van der Waals surface area contributed by atoms with Crippen molar-refractivity contribution in [2.45, 2.75) is 58.8 Å². The van der Waals surface area contributed by atoms with Crippen LogP contribution < -0.4 is 0 Å². The first-order valence-corrected chi connectivity index (χ1v) is 6.02. The third kappa shape index (κ3) is 7.18. The van der Waals surface area contributed by atoms with E-state index in [-0.39, 0.29) is 0 Å². The number of hydrogen-bond donors (Lipinski definition) is 1. The van der Waals surface area contributed by atoms with Crippen molar-refractivity contribution in [3.05, 3.63) is 12.2 Å². The molecular formula is C13H24O2. The Morgan fingerprint density at radius 3 is 2.40 bits per heavy atom. The molecule has 0 rings (SSSR count). The van der Waals surface area contributed by atoms with E-state index in [4.69, 9.17) is 5.11 Å². The monoisotopic (exact) mass is 212 g/mol. The minimum absolute atomic E-state index is 0.359. The lowest BCUT2D eigenvalue weighted by molar-refractivity contribution is -0.132. The molecule has 0 aromatic heterocycles. The maximum atomic E-state index is 10.6. The highest BCUT2D eigenvalue weighted by Gasteiger charge is 2.12. The highest BCUT2D eigenvalue weighted by Crippen LogP contribution is 2.21. The average molecular weight is 212 g/mol. The Balaban J connectivity index is 3.73. The molecule has 0 saturated heterocycles. The maximum Gasteiger partial charge on any atom is 0.330 e. The molecule has 0 amide bonds. The molecule has 0 saturated carbocycles. The summed E-state index contributed by atoms with van der Waals surface area (Å²) in [6.07, 6.45) is 7.87. The average Bonchev–Trinajstić information content (AvgIpc) is 2.22. The fourth-order valence-electron chi connectivity index (χ4n) is 1.75. The Morgan fingerprint density at radius 1 is 1.27 bits per heavy atom. The lowest BCUT2D eigenvalue weighted by atomic mass is 9.92. The number of carboxylic acid groups (broad SMARTS) is 1. The smallest absolute Gasteiger partial charge is 0.330 e. The van der Waals surface area contributed by atoms with E-state index < -0.39 is 5.97 Å². The predicted octanol–water partition coefficient (Wildman–Crippen LogP) is 4.01. The Bertz CT molecular complexity index is 197. The number of hydrogen-bond acceptors (Lipinski definition) is 1. The van der Waals surface area contributed by atoms with Crippen LogP contribution in [0.15, 0.2) is 12.2 Å². The van der Waals surface area contributed by atoms with Crippen LogP contribution in [0.3, 0.4) is 0 Å². The number of aliphatic carboxylic acids is 1. The van der Waals surface area contributed by atoms with Gasteiger partial charge in [0.2, 0.25) is 0 Å². The van der Waals surface area contributed by atoms with E-state index in [1.165, 1.54) is 25.7 Å². The van der Waals surface area contributed by atoms with Gasteiger partial charge in [0, 0.05) is 5.57 Å². The Kier molecular flexibility index (Phi) is 8.06. The first-order valence-electron chi connectivity index (χ1n) is 6.02. The van der Waals surface area contributed by atoms with Crippen molar-refractivity contribution in [1.29, 1.82) is 0 Å². The molecule has 0 aliphatic rings. The maximum absolute atomic E-state index is 10.6.